The van der Waals surface area contributed by atoms with Gasteiger partial charge in [-0.3, -0.25) is 14.9 Å². The predicted octanol–water partition coefficient (Wildman–Crippen LogP) is 3.82. The van der Waals surface area contributed by atoms with E-state index in [0.29, 0.717) is 28.2 Å². The second-order valence-corrected chi connectivity index (χ2v) is 5.07. The summed E-state index contributed by atoms with van der Waals surface area (Å²) < 4.78 is 10.3. The van der Waals surface area contributed by atoms with Crippen LogP contribution in [-0.2, 0) is 0 Å². The van der Waals surface area contributed by atoms with Crippen molar-refractivity contribution in [2.24, 2.45) is 0 Å². The first-order valence-electron chi connectivity index (χ1n) is 7.15. The fourth-order valence-electron chi connectivity index (χ4n) is 2.18. The highest BCUT2D eigenvalue weighted by atomic mass is 16.6. The van der Waals surface area contributed by atoms with Crippen LogP contribution in [0, 0.1) is 17.0 Å². The summed E-state index contributed by atoms with van der Waals surface area (Å²) in [7, 11) is 3.01. The Bertz CT molecular complexity index is 811. The number of hydrogen-bond donors (Lipinski definition) is 0. The first kappa shape index (κ1) is 17.2. The minimum absolute atomic E-state index is 0.0238. The monoisotopic (exact) mass is 327 g/mol. The third-order valence-corrected chi connectivity index (χ3v) is 3.53. The molecular formula is C18H17NO5. The van der Waals surface area contributed by atoms with Gasteiger partial charge in [0.15, 0.2) is 17.3 Å². The van der Waals surface area contributed by atoms with Gasteiger partial charge in [-0.25, -0.2) is 0 Å². The van der Waals surface area contributed by atoms with E-state index in [2.05, 4.69) is 0 Å². The zero-order valence-electron chi connectivity index (χ0n) is 13.6. The lowest BCUT2D eigenvalue weighted by atomic mass is 10.1. The number of nitrogens with zero attached hydrogens (tertiary/aromatic N) is 1. The number of allylic oxidation sites excluding steroid dienone is 1. The van der Waals surface area contributed by atoms with Gasteiger partial charge in [-0.05, 0) is 36.8 Å². The zero-order chi connectivity index (χ0) is 17.7. The Kier molecular flexibility index (Phi) is 5.31. The number of aryl methyl sites for hydroxylation is 1. The molecule has 0 radical (unpaired) electrons. The van der Waals surface area contributed by atoms with Crippen molar-refractivity contribution in [3.8, 4) is 11.5 Å². The van der Waals surface area contributed by atoms with E-state index in [9.17, 15) is 14.9 Å². The summed E-state index contributed by atoms with van der Waals surface area (Å²) in [5.41, 5.74) is 1.62. The van der Waals surface area contributed by atoms with Gasteiger partial charge in [-0.1, -0.05) is 18.2 Å². The number of methoxy groups -OCH3 is 2. The van der Waals surface area contributed by atoms with E-state index in [4.69, 9.17) is 9.47 Å². The normalized spacial score (nSPS) is 10.6. The van der Waals surface area contributed by atoms with E-state index in [1.165, 1.54) is 26.4 Å². The topological polar surface area (TPSA) is 78.7 Å². The molecule has 6 nitrogen and oxygen atoms in total. The van der Waals surface area contributed by atoms with Crippen LogP contribution in [0.3, 0.4) is 0 Å². The minimum Gasteiger partial charge on any atom is -0.493 e. The van der Waals surface area contributed by atoms with Crippen molar-refractivity contribution in [2.75, 3.05) is 14.2 Å². The van der Waals surface area contributed by atoms with Crippen LogP contribution in [0.1, 0.15) is 21.5 Å². The fraction of sp³-hybridized carbons (Fsp3) is 0.167. The summed E-state index contributed by atoms with van der Waals surface area (Å²) in [6, 6.07) is 9.68. The molecular weight excluding hydrogens is 310 g/mol. The van der Waals surface area contributed by atoms with Gasteiger partial charge in [-0.15, -0.1) is 0 Å². The van der Waals surface area contributed by atoms with Gasteiger partial charge < -0.3 is 9.47 Å². The largest absolute Gasteiger partial charge is 0.493 e. The van der Waals surface area contributed by atoms with Crippen LogP contribution in [0.2, 0.25) is 0 Å². The average Bonchev–Trinajstić information content (AvgIpc) is 2.59. The molecule has 2 rings (SSSR count). The Morgan fingerprint density at radius 3 is 2.42 bits per heavy atom. The second-order valence-electron chi connectivity index (χ2n) is 5.07. The lowest BCUT2D eigenvalue weighted by Gasteiger charge is -2.08. The highest BCUT2D eigenvalue weighted by Gasteiger charge is 2.11. The van der Waals surface area contributed by atoms with Crippen LogP contribution >= 0.6 is 0 Å². The smallest absolute Gasteiger partial charge is 0.272 e. The molecule has 0 fully saturated rings. The van der Waals surface area contributed by atoms with Crippen LogP contribution in [0.15, 0.2) is 42.5 Å². The van der Waals surface area contributed by atoms with Crippen LogP contribution in [0.5, 0.6) is 11.5 Å². The molecule has 0 unspecified atom stereocenters. The number of hydrogen-bond acceptors (Lipinski definition) is 5. The van der Waals surface area contributed by atoms with Gasteiger partial charge in [0, 0.05) is 17.2 Å². The molecule has 0 aliphatic rings. The van der Waals surface area contributed by atoms with E-state index in [1.807, 2.05) is 0 Å². The Morgan fingerprint density at radius 2 is 1.79 bits per heavy atom. The molecule has 2 aromatic rings. The Morgan fingerprint density at radius 1 is 1.08 bits per heavy atom. The van der Waals surface area contributed by atoms with E-state index in [1.54, 1.807) is 43.3 Å². The van der Waals surface area contributed by atoms with Crippen LogP contribution in [-0.4, -0.2) is 24.9 Å². The highest BCUT2D eigenvalue weighted by molar-refractivity contribution is 6.07. The van der Waals surface area contributed by atoms with Gasteiger partial charge in [0.2, 0.25) is 0 Å². The number of nitro benzene ring substituents is 1. The summed E-state index contributed by atoms with van der Waals surface area (Å²) in [4.78, 5) is 22.8. The molecule has 0 aromatic heterocycles. The number of rotatable bonds is 6. The molecule has 0 aliphatic heterocycles. The molecule has 6 heteroatoms. The summed E-state index contributed by atoms with van der Waals surface area (Å²) in [6.07, 6.45) is 2.92. The van der Waals surface area contributed by atoms with Crippen molar-refractivity contribution in [1.29, 1.82) is 0 Å². The molecule has 0 aliphatic carbocycles. The Balaban J connectivity index is 2.25. The molecule has 0 bridgehead atoms. The number of carbonyl (C=O) groups is 1. The van der Waals surface area contributed by atoms with Crippen molar-refractivity contribution in [3.05, 3.63) is 69.3 Å². The van der Waals surface area contributed by atoms with Crippen molar-refractivity contribution < 1.29 is 19.2 Å². The predicted molar refractivity (Wildman–Crippen MR) is 90.7 cm³/mol. The Labute approximate surface area is 139 Å². The maximum Gasteiger partial charge on any atom is 0.272 e. The second kappa shape index (κ2) is 7.41. The summed E-state index contributed by atoms with van der Waals surface area (Å²) in [5.74, 6) is 0.758. The summed E-state index contributed by atoms with van der Waals surface area (Å²) in [5, 5.41) is 11.0. The van der Waals surface area contributed by atoms with E-state index < -0.39 is 4.92 Å². The maximum atomic E-state index is 12.3. The van der Waals surface area contributed by atoms with Crippen LogP contribution in [0.25, 0.3) is 6.08 Å². The minimum atomic E-state index is -0.442. The van der Waals surface area contributed by atoms with Crippen LogP contribution in [0.4, 0.5) is 5.69 Å². The van der Waals surface area contributed by atoms with E-state index in [-0.39, 0.29) is 11.5 Å². The first-order chi connectivity index (χ1) is 11.5. The Hall–Kier alpha value is -3.15. The number of nitro groups is 1. The van der Waals surface area contributed by atoms with Crippen molar-refractivity contribution in [2.45, 2.75) is 6.92 Å². The number of benzene rings is 2. The molecule has 2 aromatic carbocycles. The van der Waals surface area contributed by atoms with Crippen molar-refractivity contribution >= 4 is 17.5 Å². The summed E-state index contributed by atoms with van der Waals surface area (Å²) >= 11 is 0. The van der Waals surface area contributed by atoms with Crippen LogP contribution < -0.4 is 9.47 Å². The highest BCUT2D eigenvalue weighted by Crippen LogP contribution is 2.28. The van der Waals surface area contributed by atoms with Gasteiger partial charge in [0.1, 0.15) is 0 Å². The average molecular weight is 327 g/mol. The van der Waals surface area contributed by atoms with E-state index >= 15 is 0 Å². The third-order valence-electron chi connectivity index (χ3n) is 3.53. The number of carbonyl (C=O) groups excluding carboxylic acids is 1. The lowest BCUT2D eigenvalue weighted by molar-refractivity contribution is -0.385. The zero-order valence-corrected chi connectivity index (χ0v) is 13.6. The quantitative estimate of drug-likeness (QED) is 0.349. The third kappa shape index (κ3) is 3.78. The maximum absolute atomic E-state index is 12.3. The molecule has 124 valence electrons. The fourth-order valence-corrected chi connectivity index (χ4v) is 2.18. The molecule has 0 saturated heterocycles. The lowest BCUT2D eigenvalue weighted by Crippen LogP contribution is -1.97. The van der Waals surface area contributed by atoms with Gasteiger partial charge in [-0.2, -0.15) is 0 Å². The van der Waals surface area contributed by atoms with E-state index in [0.717, 1.165) is 0 Å². The van der Waals surface area contributed by atoms with Gasteiger partial charge >= 0.3 is 0 Å². The molecule has 0 saturated carbocycles. The van der Waals surface area contributed by atoms with Crippen molar-refractivity contribution in [3.63, 3.8) is 0 Å². The molecule has 24 heavy (non-hydrogen) atoms. The molecule has 0 amide bonds. The SMILES string of the molecule is COc1ccc(C(=O)/C=C/c2ccc(C)c([N+](=O)[O-])c2)cc1OC. The number of ether oxygens (including phenoxy) is 2. The molecule has 0 atom stereocenters. The number of ketones is 1. The summed E-state index contributed by atoms with van der Waals surface area (Å²) in [6.45, 7) is 1.67. The molecule has 0 spiro atoms. The standard InChI is InChI=1S/C18H17NO5/c1-12-4-5-13(10-15(12)19(21)22)6-8-16(20)14-7-9-17(23-2)18(11-14)24-3/h4-11H,1-3H3/b8-6+. The van der Waals surface area contributed by atoms with Crippen molar-refractivity contribution in [1.82, 2.24) is 0 Å². The van der Waals surface area contributed by atoms with Gasteiger partial charge in [0.25, 0.3) is 5.69 Å². The molecule has 0 heterocycles. The molecule has 0 N–H and O–H groups in total. The van der Waals surface area contributed by atoms with Gasteiger partial charge in [0.05, 0.1) is 19.1 Å². The first-order valence-corrected chi connectivity index (χ1v) is 7.15.